The number of carbonyl (C=O) groups is 1. The Hall–Kier alpha value is -1.36. The number of anilines is 1. The maximum atomic E-state index is 11.7. The molecule has 4 nitrogen and oxygen atoms in total. The average Bonchev–Trinajstić information content (AvgIpc) is 2.64. The molecule has 16 heavy (non-hydrogen) atoms. The van der Waals surface area contributed by atoms with Crippen molar-refractivity contribution in [3.8, 4) is 0 Å². The number of aryl methyl sites for hydroxylation is 1. The molecule has 1 N–H and O–H groups in total. The topological polar surface area (TPSA) is 57.6 Å². The molecule has 0 aliphatic carbocycles. The van der Waals surface area contributed by atoms with Gasteiger partial charge in [-0.25, -0.2) is 9.00 Å². The number of carboxylic acids is 1. The molecule has 1 aliphatic heterocycles. The molecule has 0 spiro atoms. The molecule has 0 radical (unpaired) electrons. The average molecular weight is 239 g/mol. The van der Waals surface area contributed by atoms with Crippen molar-refractivity contribution in [1.29, 1.82) is 0 Å². The van der Waals surface area contributed by atoms with Crippen molar-refractivity contribution in [2.45, 2.75) is 13.3 Å². The molecule has 0 saturated carbocycles. The summed E-state index contributed by atoms with van der Waals surface area (Å²) in [7, 11) is -1.08. The third kappa shape index (κ3) is 1.95. The fourth-order valence-corrected chi connectivity index (χ4v) is 3.12. The lowest BCUT2D eigenvalue weighted by molar-refractivity contribution is 0.0697. The van der Waals surface area contributed by atoms with Gasteiger partial charge >= 0.3 is 5.97 Å². The van der Waals surface area contributed by atoms with Crippen LogP contribution in [0.2, 0.25) is 0 Å². The van der Waals surface area contributed by atoms with Crippen molar-refractivity contribution in [2.24, 2.45) is 0 Å². The zero-order valence-electron chi connectivity index (χ0n) is 8.97. The van der Waals surface area contributed by atoms with Crippen LogP contribution in [0.3, 0.4) is 0 Å². The molecule has 0 bridgehead atoms. The molecule has 0 aromatic heterocycles. The summed E-state index contributed by atoms with van der Waals surface area (Å²) in [6.07, 6.45) is 0.847. The van der Waals surface area contributed by atoms with Gasteiger partial charge < -0.3 is 5.11 Å². The van der Waals surface area contributed by atoms with E-state index in [1.807, 2.05) is 13.0 Å². The molecule has 1 unspecified atom stereocenters. The van der Waals surface area contributed by atoms with Crippen molar-refractivity contribution in [3.63, 3.8) is 0 Å². The summed E-state index contributed by atoms with van der Waals surface area (Å²) in [5, 5.41) is 9.11. The molecule has 0 amide bonds. The molecule has 1 atom stereocenters. The Morgan fingerprint density at radius 3 is 2.81 bits per heavy atom. The monoisotopic (exact) mass is 239 g/mol. The van der Waals surface area contributed by atoms with Crippen LogP contribution in [0.5, 0.6) is 0 Å². The van der Waals surface area contributed by atoms with E-state index >= 15 is 0 Å². The smallest absolute Gasteiger partial charge is 0.337 e. The second-order valence-corrected chi connectivity index (χ2v) is 5.30. The fourth-order valence-electron chi connectivity index (χ4n) is 1.81. The highest BCUT2D eigenvalue weighted by molar-refractivity contribution is 7.86. The third-order valence-corrected chi connectivity index (χ3v) is 4.09. The van der Waals surface area contributed by atoms with Crippen LogP contribution in [0.4, 0.5) is 5.69 Å². The van der Waals surface area contributed by atoms with E-state index in [4.69, 9.17) is 5.11 Å². The van der Waals surface area contributed by atoms with E-state index in [0.29, 0.717) is 18.0 Å². The Kier molecular flexibility index (Phi) is 2.96. The van der Waals surface area contributed by atoms with Gasteiger partial charge in [0.05, 0.1) is 11.3 Å². The Morgan fingerprint density at radius 1 is 1.50 bits per heavy atom. The van der Waals surface area contributed by atoms with Crippen molar-refractivity contribution in [2.75, 3.05) is 16.6 Å². The van der Waals surface area contributed by atoms with Crippen LogP contribution < -0.4 is 4.31 Å². The number of hydrogen-bond donors (Lipinski definition) is 1. The molecule has 1 saturated heterocycles. The number of benzene rings is 1. The first-order valence-electron chi connectivity index (χ1n) is 5.09. The van der Waals surface area contributed by atoms with E-state index in [9.17, 15) is 9.00 Å². The van der Waals surface area contributed by atoms with Gasteiger partial charge in [0.1, 0.15) is 11.0 Å². The summed E-state index contributed by atoms with van der Waals surface area (Å²) in [5.41, 5.74) is 1.69. The van der Waals surface area contributed by atoms with Crippen molar-refractivity contribution in [1.82, 2.24) is 0 Å². The van der Waals surface area contributed by atoms with Crippen molar-refractivity contribution < 1.29 is 14.1 Å². The molecule has 1 heterocycles. The van der Waals surface area contributed by atoms with Gasteiger partial charge in [0.2, 0.25) is 0 Å². The minimum absolute atomic E-state index is 0.232. The van der Waals surface area contributed by atoms with E-state index < -0.39 is 17.0 Å². The highest BCUT2D eigenvalue weighted by Crippen LogP contribution is 2.26. The maximum Gasteiger partial charge on any atom is 0.337 e. The first kappa shape index (κ1) is 11.1. The van der Waals surface area contributed by atoms with Crippen molar-refractivity contribution >= 4 is 22.6 Å². The first-order valence-corrected chi connectivity index (χ1v) is 6.37. The van der Waals surface area contributed by atoms with E-state index in [-0.39, 0.29) is 5.56 Å². The number of aromatic carboxylic acids is 1. The van der Waals surface area contributed by atoms with Gasteiger partial charge in [-0.15, -0.1) is 0 Å². The second kappa shape index (κ2) is 4.25. The Balaban J connectivity index is 2.47. The van der Waals surface area contributed by atoms with Crippen LogP contribution in [0, 0.1) is 6.92 Å². The molecular weight excluding hydrogens is 226 g/mol. The fraction of sp³-hybridized carbons (Fsp3) is 0.364. The number of nitrogens with zero attached hydrogens (tertiary/aromatic N) is 1. The molecule has 2 rings (SSSR count). The molecule has 1 aliphatic rings. The molecular formula is C11H13NO3S. The minimum Gasteiger partial charge on any atom is -0.478 e. The lowest BCUT2D eigenvalue weighted by atomic mass is 10.1. The predicted molar refractivity (Wildman–Crippen MR) is 63.1 cm³/mol. The quantitative estimate of drug-likeness (QED) is 0.852. The van der Waals surface area contributed by atoms with Gasteiger partial charge in [-0.3, -0.25) is 4.31 Å². The molecule has 86 valence electrons. The van der Waals surface area contributed by atoms with Crippen LogP contribution in [-0.4, -0.2) is 27.6 Å². The van der Waals surface area contributed by atoms with Gasteiger partial charge in [-0.2, -0.15) is 0 Å². The zero-order valence-corrected chi connectivity index (χ0v) is 9.79. The van der Waals surface area contributed by atoms with E-state index in [1.54, 1.807) is 16.4 Å². The van der Waals surface area contributed by atoms with Crippen LogP contribution >= 0.6 is 0 Å². The van der Waals surface area contributed by atoms with Gasteiger partial charge in [-0.05, 0) is 25.5 Å². The van der Waals surface area contributed by atoms with Crippen molar-refractivity contribution in [3.05, 3.63) is 29.3 Å². The van der Waals surface area contributed by atoms with Crippen LogP contribution in [0.1, 0.15) is 22.3 Å². The molecule has 1 fully saturated rings. The summed E-state index contributed by atoms with van der Waals surface area (Å²) in [6, 6.07) is 5.20. The van der Waals surface area contributed by atoms with Gasteiger partial charge in [0.15, 0.2) is 0 Å². The lowest BCUT2D eigenvalue weighted by Crippen LogP contribution is -2.22. The Labute approximate surface area is 96.5 Å². The summed E-state index contributed by atoms with van der Waals surface area (Å²) in [6.45, 7) is 2.51. The third-order valence-electron chi connectivity index (χ3n) is 2.58. The van der Waals surface area contributed by atoms with Gasteiger partial charge in [-0.1, -0.05) is 11.6 Å². The highest BCUT2D eigenvalue weighted by Gasteiger charge is 2.24. The number of hydrogen-bond acceptors (Lipinski definition) is 2. The van der Waals surface area contributed by atoms with E-state index in [2.05, 4.69) is 0 Å². The standard InChI is InChI=1S/C11H13NO3S/c1-8-3-4-10(9(7-8)11(13)14)12-5-2-6-16(12)15/h3-4,7H,2,5-6H2,1H3,(H,13,14). The summed E-state index contributed by atoms with van der Waals surface area (Å²) >= 11 is 0. The van der Waals surface area contributed by atoms with E-state index in [1.165, 1.54) is 0 Å². The predicted octanol–water partition coefficient (Wildman–Crippen LogP) is 1.57. The van der Waals surface area contributed by atoms with Crippen LogP contribution in [-0.2, 0) is 11.0 Å². The molecule has 1 aromatic rings. The Bertz CT molecular complexity index is 459. The number of carboxylic acid groups (broad SMARTS) is 1. The SMILES string of the molecule is Cc1ccc(N2CCCS2=O)c(C(=O)O)c1. The highest BCUT2D eigenvalue weighted by atomic mass is 32.2. The van der Waals surface area contributed by atoms with Crippen LogP contribution in [0.15, 0.2) is 18.2 Å². The first-order chi connectivity index (χ1) is 7.59. The van der Waals surface area contributed by atoms with Gasteiger partial charge in [0, 0.05) is 12.3 Å². The second-order valence-electron chi connectivity index (χ2n) is 3.81. The maximum absolute atomic E-state index is 11.7. The molecule has 5 heteroatoms. The summed E-state index contributed by atoms with van der Waals surface area (Å²) in [5.74, 6) is -0.352. The zero-order chi connectivity index (χ0) is 11.7. The number of rotatable bonds is 2. The van der Waals surface area contributed by atoms with Gasteiger partial charge in [0.25, 0.3) is 0 Å². The summed E-state index contributed by atoms with van der Waals surface area (Å²) in [4.78, 5) is 11.1. The van der Waals surface area contributed by atoms with Crippen LogP contribution in [0.25, 0.3) is 0 Å². The molecule has 1 aromatic carbocycles. The lowest BCUT2D eigenvalue weighted by Gasteiger charge is -2.18. The summed E-state index contributed by atoms with van der Waals surface area (Å²) < 4.78 is 13.3. The minimum atomic E-state index is -1.08. The largest absolute Gasteiger partial charge is 0.478 e. The Morgan fingerprint density at radius 2 is 2.25 bits per heavy atom. The van der Waals surface area contributed by atoms with E-state index in [0.717, 1.165) is 12.0 Å². The normalized spacial score (nSPS) is 20.1.